The third kappa shape index (κ3) is 5.01. The van der Waals surface area contributed by atoms with E-state index in [-0.39, 0.29) is 5.97 Å². The van der Waals surface area contributed by atoms with E-state index in [1.807, 2.05) is 84.9 Å². The second kappa shape index (κ2) is 10.4. The van der Waals surface area contributed by atoms with Gasteiger partial charge in [0.25, 0.3) is 0 Å². The fourth-order valence-corrected chi connectivity index (χ4v) is 3.78. The molecule has 0 saturated carbocycles. The number of para-hydroxylation sites is 2. The predicted molar refractivity (Wildman–Crippen MR) is 128 cm³/mol. The molecule has 6 nitrogen and oxygen atoms in total. The summed E-state index contributed by atoms with van der Waals surface area (Å²) in [5.41, 5.74) is 3.59. The van der Waals surface area contributed by atoms with E-state index in [0.29, 0.717) is 12.2 Å². The maximum atomic E-state index is 12.8. The molecule has 0 saturated heterocycles. The van der Waals surface area contributed by atoms with Crippen LogP contribution in [0.5, 0.6) is 5.75 Å². The van der Waals surface area contributed by atoms with E-state index in [2.05, 4.69) is 14.9 Å². The Morgan fingerprint density at radius 3 is 2.03 bits per heavy atom. The van der Waals surface area contributed by atoms with E-state index in [1.165, 1.54) is 13.4 Å². The van der Waals surface area contributed by atoms with Gasteiger partial charge in [-0.3, -0.25) is 9.69 Å². The SMILES string of the molecule is COC(=O)C(Cc1cncnc1N(c1ccccc1)c1ccccc1)c1ccc(OC)cc1. The minimum atomic E-state index is -0.515. The van der Waals surface area contributed by atoms with Gasteiger partial charge < -0.3 is 9.47 Å². The highest BCUT2D eigenvalue weighted by atomic mass is 16.5. The van der Waals surface area contributed by atoms with Crippen molar-refractivity contribution in [1.29, 1.82) is 0 Å². The van der Waals surface area contributed by atoms with Crippen LogP contribution in [0.2, 0.25) is 0 Å². The smallest absolute Gasteiger partial charge is 0.313 e. The Morgan fingerprint density at radius 1 is 0.879 bits per heavy atom. The van der Waals surface area contributed by atoms with Crippen LogP contribution in [-0.2, 0) is 16.0 Å². The molecule has 0 aliphatic carbocycles. The van der Waals surface area contributed by atoms with Crippen molar-refractivity contribution in [1.82, 2.24) is 9.97 Å². The second-order valence-electron chi connectivity index (χ2n) is 7.43. The first-order valence-corrected chi connectivity index (χ1v) is 10.6. The standard InChI is InChI=1S/C27H25N3O3/c1-32-24-15-13-20(14-16-24)25(27(31)33-2)17-21-18-28-19-29-26(21)30(22-9-5-3-6-10-22)23-11-7-4-8-12-23/h3-16,18-19,25H,17H2,1-2H3. The lowest BCUT2D eigenvalue weighted by atomic mass is 9.92. The summed E-state index contributed by atoms with van der Waals surface area (Å²) in [6, 6.07) is 27.5. The van der Waals surface area contributed by atoms with Crippen LogP contribution in [0.3, 0.4) is 0 Å². The number of hydrogen-bond donors (Lipinski definition) is 0. The van der Waals surface area contributed by atoms with E-state index in [9.17, 15) is 4.79 Å². The molecular weight excluding hydrogens is 414 g/mol. The van der Waals surface area contributed by atoms with Crippen LogP contribution in [0.4, 0.5) is 17.2 Å². The zero-order chi connectivity index (χ0) is 23.0. The molecule has 1 aromatic heterocycles. The lowest BCUT2D eigenvalue weighted by molar-refractivity contribution is -0.142. The van der Waals surface area contributed by atoms with Gasteiger partial charge in [0.05, 0.1) is 20.1 Å². The molecule has 4 rings (SSSR count). The van der Waals surface area contributed by atoms with Crippen LogP contribution in [0, 0.1) is 0 Å². The lowest BCUT2D eigenvalue weighted by Gasteiger charge is -2.27. The van der Waals surface area contributed by atoms with E-state index in [0.717, 1.165) is 28.3 Å². The van der Waals surface area contributed by atoms with Crippen LogP contribution in [0.1, 0.15) is 17.0 Å². The molecule has 0 N–H and O–H groups in total. The topological polar surface area (TPSA) is 64.5 Å². The molecule has 3 aromatic carbocycles. The monoisotopic (exact) mass is 439 g/mol. The number of ether oxygens (including phenoxy) is 2. The van der Waals surface area contributed by atoms with Gasteiger partial charge in [-0.25, -0.2) is 9.97 Å². The number of anilines is 3. The third-order valence-corrected chi connectivity index (χ3v) is 5.43. The van der Waals surface area contributed by atoms with Crippen molar-refractivity contribution in [2.75, 3.05) is 19.1 Å². The van der Waals surface area contributed by atoms with Crippen LogP contribution in [0.15, 0.2) is 97.5 Å². The maximum absolute atomic E-state index is 12.8. The summed E-state index contributed by atoms with van der Waals surface area (Å²) in [6.45, 7) is 0. The molecule has 0 bridgehead atoms. The zero-order valence-electron chi connectivity index (χ0n) is 18.6. The fourth-order valence-electron chi connectivity index (χ4n) is 3.78. The van der Waals surface area contributed by atoms with E-state index in [4.69, 9.17) is 9.47 Å². The van der Waals surface area contributed by atoms with Gasteiger partial charge in [-0.2, -0.15) is 0 Å². The number of rotatable bonds is 8. The molecule has 0 aliphatic rings. The maximum Gasteiger partial charge on any atom is 0.313 e. The van der Waals surface area contributed by atoms with Gasteiger partial charge in [-0.05, 0) is 48.4 Å². The van der Waals surface area contributed by atoms with E-state index < -0.39 is 5.92 Å². The van der Waals surface area contributed by atoms with Gasteiger partial charge in [0.1, 0.15) is 17.9 Å². The van der Waals surface area contributed by atoms with Crippen molar-refractivity contribution < 1.29 is 14.3 Å². The van der Waals surface area contributed by atoms with Gasteiger partial charge in [0.15, 0.2) is 0 Å². The third-order valence-electron chi connectivity index (χ3n) is 5.43. The largest absolute Gasteiger partial charge is 0.497 e. The normalized spacial score (nSPS) is 11.5. The summed E-state index contributed by atoms with van der Waals surface area (Å²) in [6.07, 6.45) is 3.67. The van der Waals surface area contributed by atoms with Crippen molar-refractivity contribution in [3.05, 3.63) is 109 Å². The van der Waals surface area contributed by atoms with Crippen molar-refractivity contribution in [3.8, 4) is 5.75 Å². The molecule has 33 heavy (non-hydrogen) atoms. The van der Waals surface area contributed by atoms with Crippen molar-refractivity contribution >= 4 is 23.2 Å². The summed E-state index contributed by atoms with van der Waals surface area (Å²) in [7, 11) is 3.02. The van der Waals surface area contributed by atoms with Crippen LogP contribution >= 0.6 is 0 Å². The summed E-state index contributed by atoms with van der Waals surface area (Å²) in [5, 5.41) is 0. The number of carbonyl (C=O) groups excluding carboxylic acids is 1. The second-order valence-corrected chi connectivity index (χ2v) is 7.43. The number of methoxy groups -OCH3 is 2. The first-order chi connectivity index (χ1) is 16.2. The Labute approximate surface area is 193 Å². The number of esters is 1. The quantitative estimate of drug-likeness (QED) is 0.340. The Hall–Kier alpha value is -4.19. The van der Waals surface area contributed by atoms with Crippen LogP contribution < -0.4 is 9.64 Å². The van der Waals surface area contributed by atoms with Crippen molar-refractivity contribution in [3.63, 3.8) is 0 Å². The minimum absolute atomic E-state index is 0.319. The van der Waals surface area contributed by atoms with Gasteiger partial charge in [0.2, 0.25) is 0 Å². The number of carbonyl (C=O) groups is 1. The number of nitrogens with zero attached hydrogens (tertiary/aromatic N) is 3. The molecule has 6 heteroatoms. The van der Waals surface area contributed by atoms with Gasteiger partial charge >= 0.3 is 5.97 Å². The number of hydrogen-bond acceptors (Lipinski definition) is 6. The molecule has 0 radical (unpaired) electrons. The average molecular weight is 440 g/mol. The molecule has 1 atom stereocenters. The average Bonchev–Trinajstić information content (AvgIpc) is 2.89. The molecule has 0 fully saturated rings. The molecule has 4 aromatic rings. The fraction of sp³-hybridized carbons (Fsp3) is 0.148. The molecule has 1 heterocycles. The Balaban J connectivity index is 1.78. The van der Waals surface area contributed by atoms with Crippen molar-refractivity contribution in [2.45, 2.75) is 12.3 Å². The van der Waals surface area contributed by atoms with E-state index >= 15 is 0 Å². The zero-order valence-corrected chi connectivity index (χ0v) is 18.6. The summed E-state index contributed by atoms with van der Waals surface area (Å²) in [5.74, 6) is 0.607. The van der Waals surface area contributed by atoms with E-state index in [1.54, 1.807) is 13.3 Å². The lowest BCUT2D eigenvalue weighted by Crippen LogP contribution is -2.20. The Kier molecular flexibility index (Phi) is 6.95. The first kappa shape index (κ1) is 22.0. The highest BCUT2D eigenvalue weighted by molar-refractivity contribution is 5.80. The summed E-state index contributed by atoms with van der Waals surface area (Å²) in [4.78, 5) is 23.8. The first-order valence-electron chi connectivity index (χ1n) is 10.6. The van der Waals surface area contributed by atoms with Crippen LogP contribution in [0.25, 0.3) is 0 Å². The molecule has 0 amide bonds. The summed E-state index contributed by atoms with van der Waals surface area (Å²) < 4.78 is 10.4. The summed E-state index contributed by atoms with van der Waals surface area (Å²) >= 11 is 0. The molecule has 0 spiro atoms. The highest BCUT2D eigenvalue weighted by Crippen LogP contribution is 2.36. The van der Waals surface area contributed by atoms with Gasteiger partial charge in [-0.1, -0.05) is 48.5 Å². The van der Waals surface area contributed by atoms with Gasteiger partial charge in [0, 0.05) is 23.1 Å². The van der Waals surface area contributed by atoms with Gasteiger partial charge in [-0.15, -0.1) is 0 Å². The molecule has 1 unspecified atom stereocenters. The molecule has 0 aliphatic heterocycles. The minimum Gasteiger partial charge on any atom is -0.497 e. The van der Waals surface area contributed by atoms with Crippen LogP contribution in [-0.4, -0.2) is 30.2 Å². The number of aromatic nitrogens is 2. The van der Waals surface area contributed by atoms with Crippen molar-refractivity contribution in [2.24, 2.45) is 0 Å². The predicted octanol–water partition coefficient (Wildman–Crippen LogP) is 5.45. The molecular formula is C27H25N3O3. The number of benzene rings is 3. The Morgan fingerprint density at radius 2 is 1.48 bits per heavy atom. The molecule has 166 valence electrons. The Bertz CT molecular complexity index is 1140. The highest BCUT2D eigenvalue weighted by Gasteiger charge is 2.26.